The fourth-order valence-electron chi connectivity index (χ4n) is 1.77. The molecule has 20 heavy (non-hydrogen) atoms. The first-order valence-electron chi connectivity index (χ1n) is 5.78. The van der Waals surface area contributed by atoms with Gasteiger partial charge in [0.1, 0.15) is 0 Å². The minimum absolute atomic E-state index is 0.0344. The van der Waals surface area contributed by atoms with E-state index in [-0.39, 0.29) is 24.3 Å². The van der Waals surface area contributed by atoms with Gasteiger partial charge in [-0.3, -0.25) is 4.72 Å². The molecule has 1 aromatic rings. The summed E-state index contributed by atoms with van der Waals surface area (Å²) in [5.41, 5.74) is -0.0802. The SMILES string of the molecule is O=C(O)c1cc(Br)ccc1NS(=O)(=O)N1CCOCC1. The van der Waals surface area contributed by atoms with Gasteiger partial charge in [-0.1, -0.05) is 15.9 Å². The number of carboxylic acid groups (broad SMARTS) is 1. The zero-order valence-corrected chi connectivity index (χ0v) is 12.8. The van der Waals surface area contributed by atoms with Crippen molar-refractivity contribution >= 4 is 37.8 Å². The first kappa shape index (κ1) is 15.2. The Kier molecular flexibility index (Phi) is 4.63. The van der Waals surface area contributed by atoms with E-state index in [0.717, 1.165) is 0 Å². The molecular weight excluding hydrogens is 352 g/mol. The Balaban J connectivity index is 2.27. The maximum Gasteiger partial charge on any atom is 0.337 e. The summed E-state index contributed by atoms with van der Waals surface area (Å²) in [6, 6.07) is 4.33. The fraction of sp³-hybridized carbons (Fsp3) is 0.364. The molecular formula is C11H13BrN2O5S. The van der Waals surface area contributed by atoms with Crippen molar-refractivity contribution in [3.05, 3.63) is 28.2 Å². The second-order valence-corrected chi connectivity index (χ2v) is 6.70. The number of hydrogen-bond donors (Lipinski definition) is 2. The van der Waals surface area contributed by atoms with E-state index < -0.39 is 16.2 Å². The molecule has 9 heteroatoms. The third kappa shape index (κ3) is 3.48. The fourth-order valence-corrected chi connectivity index (χ4v) is 3.35. The summed E-state index contributed by atoms with van der Waals surface area (Å²) in [7, 11) is -3.78. The highest BCUT2D eigenvalue weighted by Gasteiger charge is 2.25. The zero-order chi connectivity index (χ0) is 14.8. The number of carboxylic acids is 1. The predicted molar refractivity (Wildman–Crippen MR) is 76.0 cm³/mol. The van der Waals surface area contributed by atoms with E-state index >= 15 is 0 Å². The molecule has 0 spiro atoms. The monoisotopic (exact) mass is 364 g/mol. The Labute approximate surface area is 124 Å². The lowest BCUT2D eigenvalue weighted by atomic mass is 10.2. The summed E-state index contributed by atoms with van der Waals surface area (Å²) in [5.74, 6) is -1.20. The number of aromatic carboxylic acids is 1. The lowest BCUT2D eigenvalue weighted by Crippen LogP contribution is -2.43. The smallest absolute Gasteiger partial charge is 0.337 e. The number of halogens is 1. The van der Waals surface area contributed by atoms with Crippen LogP contribution in [0.1, 0.15) is 10.4 Å². The van der Waals surface area contributed by atoms with Crippen LogP contribution in [0.5, 0.6) is 0 Å². The number of ether oxygens (including phenoxy) is 1. The Morgan fingerprint density at radius 3 is 2.60 bits per heavy atom. The quantitative estimate of drug-likeness (QED) is 0.834. The van der Waals surface area contributed by atoms with Gasteiger partial charge in [0.05, 0.1) is 24.5 Å². The molecule has 1 saturated heterocycles. The number of nitrogens with one attached hydrogen (secondary N) is 1. The number of hydrogen-bond acceptors (Lipinski definition) is 4. The van der Waals surface area contributed by atoms with Crippen LogP contribution >= 0.6 is 15.9 Å². The molecule has 1 fully saturated rings. The van der Waals surface area contributed by atoms with Crippen molar-refractivity contribution in [3.63, 3.8) is 0 Å². The van der Waals surface area contributed by atoms with Crippen molar-refractivity contribution < 1.29 is 23.1 Å². The van der Waals surface area contributed by atoms with Gasteiger partial charge in [0.15, 0.2) is 0 Å². The van der Waals surface area contributed by atoms with Crippen LogP contribution in [0.2, 0.25) is 0 Å². The van der Waals surface area contributed by atoms with Crippen LogP contribution in [0.15, 0.2) is 22.7 Å². The van der Waals surface area contributed by atoms with Crippen molar-refractivity contribution in [2.45, 2.75) is 0 Å². The average molecular weight is 365 g/mol. The minimum atomic E-state index is -3.78. The van der Waals surface area contributed by atoms with Gasteiger partial charge in [0.25, 0.3) is 0 Å². The van der Waals surface area contributed by atoms with Gasteiger partial charge < -0.3 is 9.84 Å². The lowest BCUT2D eigenvalue weighted by Gasteiger charge is -2.26. The highest BCUT2D eigenvalue weighted by atomic mass is 79.9. The van der Waals surface area contributed by atoms with Crippen LogP contribution in [0, 0.1) is 0 Å². The van der Waals surface area contributed by atoms with Crippen molar-refractivity contribution in [1.82, 2.24) is 4.31 Å². The van der Waals surface area contributed by atoms with Gasteiger partial charge in [-0.25, -0.2) is 4.79 Å². The summed E-state index contributed by atoms with van der Waals surface area (Å²) >= 11 is 3.15. The average Bonchev–Trinajstić information content (AvgIpc) is 2.41. The Morgan fingerprint density at radius 1 is 1.35 bits per heavy atom. The van der Waals surface area contributed by atoms with E-state index in [1.54, 1.807) is 6.07 Å². The molecule has 0 aliphatic carbocycles. The molecule has 1 heterocycles. The van der Waals surface area contributed by atoms with Gasteiger partial charge in [-0.15, -0.1) is 0 Å². The maximum absolute atomic E-state index is 12.2. The van der Waals surface area contributed by atoms with E-state index in [1.165, 1.54) is 16.4 Å². The largest absolute Gasteiger partial charge is 0.478 e. The molecule has 0 radical (unpaired) electrons. The van der Waals surface area contributed by atoms with Crippen LogP contribution in [-0.4, -0.2) is 50.1 Å². The molecule has 2 rings (SSSR count). The van der Waals surface area contributed by atoms with E-state index in [4.69, 9.17) is 9.84 Å². The number of nitrogens with zero attached hydrogens (tertiary/aromatic N) is 1. The maximum atomic E-state index is 12.2. The Morgan fingerprint density at radius 2 is 2.00 bits per heavy atom. The van der Waals surface area contributed by atoms with Crippen LogP contribution < -0.4 is 4.72 Å². The number of anilines is 1. The van der Waals surface area contributed by atoms with E-state index in [1.807, 2.05) is 0 Å². The van der Waals surface area contributed by atoms with Gasteiger partial charge >= 0.3 is 16.2 Å². The van der Waals surface area contributed by atoms with E-state index in [2.05, 4.69) is 20.7 Å². The first-order chi connectivity index (χ1) is 9.40. The molecule has 0 unspecified atom stereocenters. The summed E-state index contributed by atoms with van der Waals surface area (Å²) in [4.78, 5) is 11.1. The third-order valence-electron chi connectivity index (χ3n) is 2.76. The van der Waals surface area contributed by atoms with Crippen molar-refractivity contribution in [2.75, 3.05) is 31.0 Å². The molecule has 1 aliphatic rings. The minimum Gasteiger partial charge on any atom is -0.478 e. The zero-order valence-electron chi connectivity index (χ0n) is 10.4. The molecule has 110 valence electrons. The van der Waals surface area contributed by atoms with Gasteiger partial charge in [0, 0.05) is 17.6 Å². The standard InChI is InChI=1S/C11H13BrN2O5S/c12-8-1-2-10(9(7-8)11(15)16)13-20(17,18)14-3-5-19-6-4-14/h1-2,7,13H,3-6H2,(H,15,16). The first-order valence-corrected chi connectivity index (χ1v) is 8.02. The molecule has 2 N–H and O–H groups in total. The van der Waals surface area contributed by atoms with Gasteiger partial charge in [0.2, 0.25) is 0 Å². The van der Waals surface area contributed by atoms with Gasteiger partial charge in [-0.2, -0.15) is 12.7 Å². The highest BCUT2D eigenvalue weighted by Crippen LogP contribution is 2.23. The lowest BCUT2D eigenvalue weighted by molar-refractivity contribution is 0.0697. The Hall–Kier alpha value is -1.16. The summed E-state index contributed by atoms with van der Waals surface area (Å²) in [6.45, 7) is 1.14. The molecule has 0 atom stereocenters. The Bertz CT molecular complexity index is 613. The topological polar surface area (TPSA) is 95.9 Å². The van der Waals surface area contributed by atoms with Crippen LogP contribution in [0.3, 0.4) is 0 Å². The molecule has 7 nitrogen and oxygen atoms in total. The van der Waals surface area contributed by atoms with Gasteiger partial charge in [-0.05, 0) is 18.2 Å². The molecule has 0 aromatic heterocycles. The van der Waals surface area contributed by atoms with Crippen molar-refractivity contribution in [1.29, 1.82) is 0 Å². The number of benzene rings is 1. The third-order valence-corrected chi connectivity index (χ3v) is 4.78. The number of carbonyl (C=O) groups is 1. The van der Waals surface area contributed by atoms with E-state index in [0.29, 0.717) is 17.7 Å². The second kappa shape index (κ2) is 6.08. The van der Waals surface area contributed by atoms with Crippen LogP contribution in [0.4, 0.5) is 5.69 Å². The number of morpholine rings is 1. The molecule has 0 bridgehead atoms. The molecule has 1 aliphatic heterocycles. The molecule has 0 amide bonds. The predicted octanol–water partition coefficient (Wildman–Crippen LogP) is 1.14. The molecule has 1 aromatic carbocycles. The van der Waals surface area contributed by atoms with Crippen molar-refractivity contribution in [3.8, 4) is 0 Å². The van der Waals surface area contributed by atoms with Crippen molar-refractivity contribution in [2.24, 2.45) is 0 Å². The molecule has 0 saturated carbocycles. The second-order valence-electron chi connectivity index (χ2n) is 4.11. The van der Waals surface area contributed by atoms with E-state index in [9.17, 15) is 13.2 Å². The summed E-state index contributed by atoms with van der Waals surface area (Å²) < 4.78 is 33.5. The van der Waals surface area contributed by atoms with Crippen LogP contribution in [-0.2, 0) is 14.9 Å². The van der Waals surface area contributed by atoms with Crippen LogP contribution in [0.25, 0.3) is 0 Å². The highest BCUT2D eigenvalue weighted by molar-refractivity contribution is 9.10. The number of rotatable bonds is 4. The normalized spacial score (nSPS) is 16.9. The summed E-state index contributed by atoms with van der Waals surface area (Å²) in [5, 5.41) is 9.11. The summed E-state index contributed by atoms with van der Waals surface area (Å²) in [6.07, 6.45) is 0.